The summed E-state index contributed by atoms with van der Waals surface area (Å²) in [5, 5.41) is 11.0. The van der Waals surface area contributed by atoms with Crippen molar-refractivity contribution in [3.63, 3.8) is 0 Å². The van der Waals surface area contributed by atoms with Gasteiger partial charge in [0.15, 0.2) is 0 Å². The molecule has 2 aliphatic rings. The van der Waals surface area contributed by atoms with Gasteiger partial charge in [-0.1, -0.05) is 0 Å². The van der Waals surface area contributed by atoms with Gasteiger partial charge in [0.2, 0.25) is 0 Å². The smallest absolute Gasteiger partial charge is 0.345 e. The number of rotatable bonds is 2. The summed E-state index contributed by atoms with van der Waals surface area (Å²) in [7, 11) is 0. The molecule has 2 aliphatic heterocycles. The van der Waals surface area contributed by atoms with E-state index in [1.807, 2.05) is 0 Å². The number of amides is 1. The first-order chi connectivity index (χ1) is 14.1. The van der Waals surface area contributed by atoms with E-state index in [1.165, 1.54) is 12.4 Å². The number of hydrogen-bond donors (Lipinski definition) is 2. The van der Waals surface area contributed by atoms with Crippen molar-refractivity contribution in [2.45, 2.75) is 26.1 Å². The summed E-state index contributed by atoms with van der Waals surface area (Å²) in [4.78, 5) is 27.7. The fourth-order valence-corrected chi connectivity index (χ4v) is 3.04. The molecule has 156 valence electrons. The predicted octanol–water partition coefficient (Wildman–Crippen LogP) is 3.14. The number of nitrogens with zero attached hydrogens (tertiary/aromatic N) is 4. The average molecular weight is 422 g/mol. The minimum Gasteiger partial charge on any atom is -0.345 e. The number of aromatic amines is 1. The first-order valence-electron chi connectivity index (χ1n) is 8.73. The maximum Gasteiger partial charge on any atom is 0.416 e. The number of alkyl halides is 3. The Kier molecular flexibility index (Phi) is 4.36. The molecule has 0 saturated heterocycles. The number of pyridine rings is 1. The zero-order valence-corrected chi connectivity index (χ0v) is 15.6. The van der Waals surface area contributed by atoms with Crippen LogP contribution in [-0.4, -0.2) is 36.6 Å². The molecule has 0 saturated carbocycles. The molecule has 1 amide bonds. The lowest BCUT2D eigenvalue weighted by Gasteiger charge is -2.08. The molecule has 0 unspecified atom stereocenters. The second-order valence-electron chi connectivity index (χ2n) is 6.89. The van der Waals surface area contributed by atoms with E-state index in [4.69, 9.17) is 0 Å². The van der Waals surface area contributed by atoms with Gasteiger partial charge in [0.1, 0.15) is 17.2 Å². The lowest BCUT2D eigenvalue weighted by molar-refractivity contribution is -0.137. The van der Waals surface area contributed by atoms with Crippen LogP contribution in [0, 0.1) is 5.82 Å². The van der Waals surface area contributed by atoms with E-state index in [0.29, 0.717) is 22.2 Å². The largest absolute Gasteiger partial charge is 0.416 e. The highest BCUT2D eigenvalue weighted by molar-refractivity contribution is 5.95. The van der Waals surface area contributed by atoms with Gasteiger partial charge in [-0.25, -0.2) is 9.18 Å². The van der Waals surface area contributed by atoms with Crippen LogP contribution in [0.25, 0.3) is 28.0 Å². The van der Waals surface area contributed by atoms with Crippen molar-refractivity contribution in [1.82, 2.24) is 29.9 Å². The van der Waals surface area contributed by atoms with Crippen LogP contribution < -0.4 is 10.9 Å². The van der Waals surface area contributed by atoms with E-state index >= 15 is 0 Å². The summed E-state index contributed by atoms with van der Waals surface area (Å²) >= 11 is 0. The average Bonchev–Trinajstić information content (AvgIpc) is 3.21. The van der Waals surface area contributed by atoms with Crippen molar-refractivity contribution in [3.05, 3.63) is 52.3 Å². The number of H-pyrrole nitrogens is 1. The number of halogens is 4. The van der Waals surface area contributed by atoms with Crippen LogP contribution in [0.4, 0.5) is 22.4 Å². The van der Waals surface area contributed by atoms with Gasteiger partial charge in [-0.15, -0.1) is 0 Å². The molecule has 1 aromatic heterocycles. The molecule has 1 aromatic carbocycles. The third kappa shape index (κ3) is 3.19. The van der Waals surface area contributed by atoms with Crippen LogP contribution >= 0.6 is 0 Å². The number of carbonyl (C=O) groups excluding carboxylic acids is 1. The van der Waals surface area contributed by atoms with Gasteiger partial charge in [-0.3, -0.25) is 4.79 Å². The molecular formula is C18H14F4N6O2. The fraction of sp³-hybridized carbons (Fsp3) is 0.222. The molecule has 0 atom stereocenters. The molecule has 4 rings (SSSR count). The number of benzene rings is 1. The van der Waals surface area contributed by atoms with Crippen molar-refractivity contribution in [1.29, 1.82) is 0 Å². The minimum absolute atomic E-state index is 0.0455. The van der Waals surface area contributed by atoms with Gasteiger partial charge < -0.3 is 10.3 Å². The zero-order chi connectivity index (χ0) is 21.8. The Morgan fingerprint density at radius 2 is 1.97 bits per heavy atom. The second-order valence-corrected chi connectivity index (χ2v) is 6.89. The van der Waals surface area contributed by atoms with Crippen molar-refractivity contribution in [3.8, 4) is 16.9 Å². The number of nitrogens with one attached hydrogen (secondary N) is 2. The lowest BCUT2D eigenvalue weighted by Crippen LogP contribution is -2.34. The van der Waals surface area contributed by atoms with Crippen LogP contribution in [0.2, 0.25) is 0 Å². The molecule has 12 heteroatoms. The summed E-state index contributed by atoms with van der Waals surface area (Å²) in [6.45, 7) is 3.54. The number of fused-ring (bicyclic) bond motifs is 3. The van der Waals surface area contributed by atoms with Gasteiger partial charge >= 0.3 is 12.2 Å². The summed E-state index contributed by atoms with van der Waals surface area (Å²) in [5.41, 5.74) is -1.98. The van der Waals surface area contributed by atoms with E-state index in [2.05, 4.69) is 20.5 Å². The zero-order valence-electron chi connectivity index (χ0n) is 15.6. The molecule has 8 nitrogen and oxygen atoms in total. The molecule has 0 fully saturated rings. The molecule has 0 spiro atoms. The fourth-order valence-electron chi connectivity index (χ4n) is 3.04. The maximum absolute atomic E-state index is 13.8. The Balaban J connectivity index is 1.90. The van der Waals surface area contributed by atoms with Crippen molar-refractivity contribution < 1.29 is 22.4 Å². The molecule has 0 radical (unpaired) electrons. The minimum atomic E-state index is -4.79. The van der Waals surface area contributed by atoms with Crippen molar-refractivity contribution in [2.75, 3.05) is 0 Å². The van der Waals surface area contributed by atoms with Crippen molar-refractivity contribution in [2.24, 2.45) is 0 Å². The van der Waals surface area contributed by atoms with Crippen LogP contribution in [0.15, 0.2) is 35.4 Å². The van der Waals surface area contributed by atoms with Gasteiger partial charge in [0.05, 0.1) is 28.4 Å². The summed E-state index contributed by atoms with van der Waals surface area (Å²) in [6.07, 6.45) is -2.22. The molecule has 0 aliphatic carbocycles. The normalized spacial score (nSPS) is 12.2. The topological polar surface area (TPSA) is 97.6 Å². The lowest BCUT2D eigenvalue weighted by atomic mass is 10.1. The Hall–Kier alpha value is -3.70. The van der Waals surface area contributed by atoms with Gasteiger partial charge in [0, 0.05) is 12.2 Å². The highest BCUT2D eigenvalue weighted by Gasteiger charge is 2.32. The number of hydrogen-bond acceptors (Lipinski definition) is 4. The standard InChI is InChI=1S/C18H14F4N6O2/c1-8(2)25-17(30)28-15-12(7-24-28)14-13(6-23-15)16(29)27(26-14)11-4-9(18(20,21)22)3-10(19)5-11/h3-8,23H,1-2H3,(H,25,30). The summed E-state index contributed by atoms with van der Waals surface area (Å²) < 4.78 is 54.6. The maximum atomic E-state index is 13.8. The molecule has 2 aromatic rings. The van der Waals surface area contributed by atoms with Gasteiger partial charge in [-0.2, -0.15) is 32.7 Å². The summed E-state index contributed by atoms with van der Waals surface area (Å²) in [5.74, 6) is -1.16. The second kappa shape index (κ2) is 6.68. The third-order valence-electron chi connectivity index (χ3n) is 4.31. The Morgan fingerprint density at radius 3 is 2.63 bits per heavy atom. The van der Waals surface area contributed by atoms with Crippen LogP contribution in [0.1, 0.15) is 19.4 Å². The quantitative estimate of drug-likeness (QED) is 0.485. The highest BCUT2D eigenvalue weighted by Crippen LogP contribution is 2.32. The van der Waals surface area contributed by atoms with Crippen molar-refractivity contribution >= 4 is 17.1 Å². The SMILES string of the molecule is CC(C)NC(=O)n1ncc2c3nn(-c4cc(F)cc(C(F)(F)F)c4)c(=O)c-3c[nH]c21. The van der Waals surface area contributed by atoms with Gasteiger partial charge in [0.25, 0.3) is 5.56 Å². The molecule has 2 N–H and O–H groups in total. The first-order valence-corrected chi connectivity index (χ1v) is 8.73. The Morgan fingerprint density at radius 1 is 1.23 bits per heavy atom. The van der Waals surface area contributed by atoms with E-state index < -0.39 is 29.1 Å². The van der Waals surface area contributed by atoms with E-state index in [1.54, 1.807) is 13.8 Å². The van der Waals surface area contributed by atoms with Gasteiger partial charge in [-0.05, 0) is 32.0 Å². The third-order valence-corrected chi connectivity index (χ3v) is 4.31. The molecule has 30 heavy (non-hydrogen) atoms. The Labute approximate surface area is 165 Å². The monoisotopic (exact) mass is 422 g/mol. The number of aromatic nitrogens is 5. The molecule has 0 bridgehead atoms. The van der Waals surface area contributed by atoms with Crippen LogP contribution in [0.5, 0.6) is 0 Å². The predicted molar refractivity (Wildman–Crippen MR) is 98.1 cm³/mol. The summed E-state index contributed by atoms with van der Waals surface area (Å²) in [6, 6.07) is 1.08. The first kappa shape index (κ1) is 19.6. The molecular weight excluding hydrogens is 408 g/mol. The van der Waals surface area contributed by atoms with E-state index in [9.17, 15) is 27.2 Å². The molecule has 3 heterocycles. The number of carbonyl (C=O) groups is 1. The van der Waals surface area contributed by atoms with E-state index in [0.717, 1.165) is 10.7 Å². The van der Waals surface area contributed by atoms with Crippen LogP contribution in [0.3, 0.4) is 0 Å². The van der Waals surface area contributed by atoms with Crippen LogP contribution in [-0.2, 0) is 6.18 Å². The van der Waals surface area contributed by atoms with E-state index in [-0.39, 0.29) is 28.6 Å². The highest BCUT2D eigenvalue weighted by atomic mass is 19.4. The Bertz CT molecular complexity index is 1300.